The van der Waals surface area contributed by atoms with E-state index in [4.69, 9.17) is 9.47 Å². The highest BCUT2D eigenvalue weighted by atomic mass is 16.7. The number of hydrogen-bond acceptors (Lipinski definition) is 8. The number of rotatable bonds is 53. The fourth-order valence-electron chi connectivity index (χ4n) is 10.0. The molecule has 0 aromatic carbocycles. The average molecular weight is 981 g/mol. The van der Waals surface area contributed by atoms with Crippen LogP contribution < -0.4 is 5.32 Å². The molecule has 1 amide bonds. The maximum atomic E-state index is 13.1. The zero-order valence-electron chi connectivity index (χ0n) is 45.6. The van der Waals surface area contributed by atoms with E-state index < -0.39 is 49.5 Å². The maximum Gasteiger partial charge on any atom is 0.220 e. The number of carbonyl (C=O) groups excluding carboxylic acids is 1. The van der Waals surface area contributed by atoms with Crippen LogP contribution in [-0.4, -0.2) is 87.5 Å². The van der Waals surface area contributed by atoms with Crippen molar-refractivity contribution in [3.05, 3.63) is 12.2 Å². The lowest BCUT2D eigenvalue weighted by Crippen LogP contribution is -2.60. The Hall–Kier alpha value is -1.07. The summed E-state index contributed by atoms with van der Waals surface area (Å²) in [5.41, 5.74) is 0. The van der Waals surface area contributed by atoms with Gasteiger partial charge in [-0.2, -0.15) is 0 Å². The quantitative estimate of drug-likeness (QED) is 0.0261. The third-order valence-electron chi connectivity index (χ3n) is 14.9. The number of carbonyl (C=O) groups is 1. The van der Waals surface area contributed by atoms with Crippen molar-refractivity contribution in [3.8, 4) is 0 Å². The average Bonchev–Trinajstić information content (AvgIpc) is 3.35. The number of unbranched alkanes of at least 4 members (excludes halogenated alkanes) is 43. The monoisotopic (exact) mass is 980 g/mol. The Morgan fingerprint density at radius 3 is 1.13 bits per heavy atom. The molecule has 0 spiro atoms. The summed E-state index contributed by atoms with van der Waals surface area (Å²) in [5.74, 6) is -0.169. The molecule has 0 aliphatic carbocycles. The summed E-state index contributed by atoms with van der Waals surface area (Å²) < 4.78 is 11.3. The van der Waals surface area contributed by atoms with Crippen molar-refractivity contribution in [3.63, 3.8) is 0 Å². The molecule has 7 unspecified atom stereocenters. The van der Waals surface area contributed by atoms with Gasteiger partial charge in [-0.1, -0.05) is 296 Å². The van der Waals surface area contributed by atoms with Gasteiger partial charge in [0.1, 0.15) is 24.4 Å². The van der Waals surface area contributed by atoms with Gasteiger partial charge in [0.25, 0.3) is 0 Å². The predicted octanol–water partition coefficient (Wildman–Crippen LogP) is 15.2. The van der Waals surface area contributed by atoms with Crippen molar-refractivity contribution in [2.75, 3.05) is 13.2 Å². The van der Waals surface area contributed by atoms with E-state index in [1.807, 2.05) is 6.08 Å². The molecule has 9 nitrogen and oxygen atoms in total. The normalized spacial score (nSPS) is 19.4. The fourth-order valence-corrected chi connectivity index (χ4v) is 10.0. The second kappa shape index (κ2) is 50.5. The number of amides is 1. The molecule has 1 rings (SSSR count). The van der Waals surface area contributed by atoms with Crippen LogP contribution >= 0.6 is 0 Å². The minimum absolute atomic E-state index is 0.169. The first-order valence-electron chi connectivity index (χ1n) is 30.4. The molecular weight excluding hydrogens is 863 g/mol. The molecule has 1 heterocycles. The fraction of sp³-hybridized carbons (Fsp3) is 0.950. The van der Waals surface area contributed by atoms with Crippen LogP contribution in [0, 0.1) is 0 Å². The van der Waals surface area contributed by atoms with Gasteiger partial charge in [0.2, 0.25) is 5.91 Å². The van der Waals surface area contributed by atoms with Gasteiger partial charge in [0.15, 0.2) is 6.29 Å². The molecule has 9 heteroatoms. The van der Waals surface area contributed by atoms with E-state index >= 15 is 0 Å². The summed E-state index contributed by atoms with van der Waals surface area (Å²) in [6, 6.07) is -0.800. The van der Waals surface area contributed by atoms with Gasteiger partial charge < -0.3 is 40.3 Å². The molecule has 6 N–H and O–H groups in total. The van der Waals surface area contributed by atoms with Gasteiger partial charge in [-0.3, -0.25) is 4.79 Å². The van der Waals surface area contributed by atoms with E-state index in [0.717, 1.165) is 38.5 Å². The van der Waals surface area contributed by atoms with Crippen LogP contribution in [0.2, 0.25) is 0 Å². The highest BCUT2D eigenvalue weighted by Crippen LogP contribution is 2.23. The molecule has 1 fully saturated rings. The van der Waals surface area contributed by atoms with Crippen molar-refractivity contribution in [2.45, 2.75) is 352 Å². The van der Waals surface area contributed by atoms with Gasteiger partial charge >= 0.3 is 0 Å². The van der Waals surface area contributed by atoms with E-state index in [9.17, 15) is 30.3 Å². The molecule has 7 atom stereocenters. The molecule has 0 radical (unpaired) electrons. The SMILES string of the molecule is CCCCCCCCCCCCCCCCCCCC/C=C/C(O)C(COC1OC(CO)C(O)C(O)C1O)NC(=O)CCCCCCCCCCCCCCCCCCCCCCCCCCCC. The van der Waals surface area contributed by atoms with Gasteiger partial charge in [-0.05, 0) is 19.3 Å². The molecule has 1 aliphatic rings. The van der Waals surface area contributed by atoms with Crippen LogP contribution in [0.4, 0.5) is 0 Å². The van der Waals surface area contributed by atoms with Crippen LogP contribution in [0.3, 0.4) is 0 Å². The summed E-state index contributed by atoms with van der Waals surface area (Å²) in [5, 5.41) is 54.6. The maximum absolute atomic E-state index is 13.1. The summed E-state index contributed by atoms with van der Waals surface area (Å²) in [4.78, 5) is 13.1. The van der Waals surface area contributed by atoms with E-state index in [1.165, 1.54) is 250 Å². The summed E-state index contributed by atoms with van der Waals surface area (Å²) >= 11 is 0. The van der Waals surface area contributed by atoms with Gasteiger partial charge in [0.05, 0.1) is 25.4 Å². The summed E-state index contributed by atoms with van der Waals surface area (Å²) in [6.07, 6.45) is 55.7. The topological polar surface area (TPSA) is 149 Å². The first-order chi connectivity index (χ1) is 33.8. The lowest BCUT2D eigenvalue weighted by atomic mass is 9.99. The molecule has 0 aromatic rings. The molecule has 0 saturated carbocycles. The van der Waals surface area contributed by atoms with Crippen LogP contribution in [0.15, 0.2) is 12.2 Å². The first kappa shape index (κ1) is 65.9. The Morgan fingerprint density at radius 1 is 0.478 bits per heavy atom. The lowest BCUT2D eigenvalue weighted by molar-refractivity contribution is -0.302. The number of aliphatic hydroxyl groups excluding tert-OH is 5. The molecule has 1 aliphatic heterocycles. The van der Waals surface area contributed by atoms with Crippen LogP contribution in [-0.2, 0) is 14.3 Å². The second-order valence-corrected chi connectivity index (χ2v) is 21.5. The Kier molecular flexibility index (Phi) is 48.2. The summed E-state index contributed by atoms with van der Waals surface area (Å²) in [6.45, 7) is 3.83. The van der Waals surface area contributed by atoms with E-state index in [-0.39, 0.29) is 12.5 Å². The van der Waals surface area contributed by atoms with Crippen LogP contribution in [0.5, 0.6) is 0 Å². The molecular formula is C60H117NO8. The smallest absolute Gasteiger partial charge is 0.220 e. The Morgan fingerprint density at radius 2 is 0.797 bits per heavy atom. The van der Waals surface area contributed by atoms with Crippen molar-refractivity contribution < 1.29 is 39.8 Å². The Labute approximate surface area is 426 Å². The van der Waals surface area contributed by atoms with Crippen LogP contribution in [0.1, 0.15) is 309 Å². The Bertz CT molecular complexity index is 1090. The van der Waals surface area contributed by atoms with Crippen molar-refractivity contribution in [1.29, 1.82) is 0 Å². The molecule has 69 heavy (non-hydrogen) atoms. The highest BCUT2D eigenvalue weighted by molar-refractivity contribution is 5.76. The minimum Gasteiger partial charge on any atom is -0.394 e. The largest absolute Gasteiger partial charge is 0.394 e. The highest BCUT2D eigenvalue weighted by Gasteiger charge is 2.44. The molecule has 410 valence electrons. The second-order valence-electron chi connectivity index (χ2n) is 21.5. The van der Waals surface area contributed by atoms with Crippen LogP contribution in [0.25, 0.3) is 0 Å². The number of ether oxygens (including phenoxy) is 2. The van der Waals surface area contributed by atoms with Crippen molar-refractivity contribution in [1.82, 2.24) is 5.32 Å². The van der Waals surface area contributed by atoms with E-state index in [0.29, 0.717) is 6.42 Å². The minimum atomic E-state index is -1.56. The van der Waals surface area contributed by atoms with Crippen molar-refractivity contribution in [2.24, 2.45) is 0 Å². The van der Waals surface area contributed by atoms with Gasteiger partial charge in [-0.15, -0.1) is 0 Å². The lowest BCUT2D eigenvalue weighted by Gasteiger charge is -2.40. The third kappa shape index (κ3) is 40.1. The molecule has 0 bridgehead atoms. The van der Waals surface area contributed by atoms with E-state index in [2.05, 4.69) is 19.2 Å². The standard InChI is InChI=1S/C60H117NO8/c1-3-5-7-9-11-13-15-17-19-21-23-25-26-27-28-29-30-32-34-36-38-40-42-44-46-48-50-56(64)61-53(52-68-60-59(67)58(66)57(65)55(51-62)69-60)54(63)49-47-45-43-41-39-37-35-33-31-24-22-20-18-16-14-12-10-8-6-4-2/h47,49,53-55,57-60,62-63,65-67H,3-46,48,50-52H2,1-2H3,(H,61,64)/b49-47+. The number of nitrogens with one attached hydrogen (secondary N) is 1. The summed E-state index contributed by atoms with van der Waals surface area (Å²) in [7, 11) is 0. The first-order valence-corrected chi connectivity index (χ1v) is 30.4. The zero-order chi connectivity index (χ0) is 50.1. The zero-order valence-corrected chi connectivity index (χ0v) is 45.6. The molecule has 0 aromatic heterocycles. The Balaban J connectivity index is 2.18. The predicted molar refractivity (Wildman–Crippen MR) is 291 cm³/mol. The van der Waals surface area contributed by atoms with Crippen molar-refractivity contribution >= 4 is 5.91 Å². The number of aliphatic hydroxyl groups is 5. The third-order valence-corrected chi connectivity index (χ3v) is 14.9. The molecule has 1 saturated heterocycles. The van der Waals surface area contributed by atoms with E-state index in [1.54, 1.807) is 6.08 Å². The number of hydrogen-bond donors (Lipinski definition) is 6. The van der Waals surface area contributed by atoms with Gasteiger partial charge in [-0.25, -0.2) is 0 Å². The number of allylic oxidation sites excluding steroid dienone is 1. The van der Waals surface area contributed by atoms with Gasteiger partial charge in [0, 0.05) is 6.42 Å².